The molecule has 1 rings (SSSR count). The van der Waals surface area contributed by atoms with Crippen molar-refractivity contribution < 1.29 is 5.11 Å². The minimum Gasteiger partial charge on any atom is -0.303 e. The van der Waals surface area contributed by atoms with E-state index in [1.165, 1.54) is 19.5 Å². The zero-order chi connectivity index (χ0) is 7.40. The smallest absolute Gasteiger partial charge is 0.0834 e. The Labute approximate surface area is 62.8 Å². The first-order chi connectivity index (χ1) is 4.83. The van der Waals surface area contributed by atoms with Crippen LogP contribution in [-0.4, -0.2) is 31.1 Å². The van der Waals surface area contributed by atoms with E-state index in [-0.39, 0.29) is 6.61 Å². The lowest BCUT2D eigenvalue weighted by molar-refractivity contribution is 0.172. The van der Waals surface area contributed by atoms with Crippen molar-refractivity contribution in [1.82, 2.24) is 4.90 Å². The van der Waals surface area contributed by atoms with Gasteiger partial charge in [-0.15, -0.1) is 0 Å². The van der Waals surface area contributed by atoms with Crippen molar-refractivity contribution in [2.45, 2.75) is 19.8 Å². The fraction of sp³-hybridized carbons (Fsp3) is 1.00. The summed E-state index contributed by atoms with van der Waals surface area (Å²) in [5.41, 5.74) is 0. The molecule has 1 aliphatic rings. The predicted octanol–water partition coefficient (Wildman–Crippen LogP) is 1.15. The van der Waals surface area contributed by atoms with Gasteiger partial charge in [0.15, 0.2) is 0 Å². The van der Waals surface area contributed by atoms with Crippen molar-refractivity contribution in [3.63, 3.8) is 0 Å². The minimum atomic E-state index is 0.0882. The molecule has 0 aromatic carbocycles. The maximum absolute atomic E-state index is 10.1. The van der Waals surface area contributed by atoms with Crippen molar-refractivity contribution in [3.05, 3.63) is 0 Å². The summed E-state index contributed by atoms with van der Waals surface area (Å²) in [5.74, 6) is 0.853. The van der Waals surface area contributed by atoms with Crippen LogP contribution in [0.5, 0.6) is 0 Å². The van der Waals surface area contributed by atoms with Crippen LogP contribution < -0.4 is 0 Å². The van der Waals surface area contributed by atoms with Crippen molar-refractivity contribution in [2.24, 2.45) is 5.92 Å². The quantitative estimate of drug-likeness (QED) is 0.579. The highest BCUT2D eigenvalue weighted by atomic mass is 16.3. The Balaban J connectivity index is 2.06. The molecule has 1 saturated heterocycles. The highest BCUT2D eigenvalue weighted by molar-refractivity contribution is 4.71. The van der Waals surface area contributed by atoms with E-state index in [4.69, 9.17) is 0 Å². The van der Waals surface area contributed by atoms with Crippen LogP contribution in [0.2, 0.25) is 0 Å². The van der Waals surface area contributed by atoms with Crippen LogP contribution in [0.4, 0.5) is 0 Å². The minimum absolute atomic E-state index is 0.0882. The van der Waals surface area contributed by atoms with Crippen LogP contribution in [0.3, 0.4) is 0 Å². The summed E-state index contributed by atoms with van der Waals surface area (Å²) in [4.78, 5) is 2.39. The number of hydrogen-bond acceptors (Lipinski definition) is 1. The summed E-state index contributed by atoms with van der Waals surface area (Å²) in [7, 11) is 0. The van der Waals surface area contributed by atoms with Gasteiger partial charge in [0, 0.05) is 13.1 Å². The van der Waals surface area contributed by atoms with E-state index in [2.05, 4.69) is 11.8 Å². The molecule has 0 aliphatic carbocycles. The van der Waals surface area contributed by atoms with Gasteiger partial charge in [0.2, 0.25) is 0 Å². The normalized spacial score (nSPS) is 27.6. The summed E-state index contributed by atoms with van der Waals surface area (Å²) in [5, 5.41) is 10.1. The summed E-state index contributed by atoms with van der Waals surface area (Å²) in [6.45, 7) is 5.80. The van der Waals surface area contributed by atoms with Gasteiger partial charge in [0.1, 0.15) is 0 Å². The summed E-state index contributed by atoms with van der Waals surface area (Å²) in [6, 6.07) is 0. The van der Waals surface area contributed by atoms with Gasteiger partial charge in [-0.2, -0.15) is 0 Å². The van der Waals surface area contributed by atoms with Gasteiger partial charge in [-0.25, -0.2) is 5.11 Å². The van der Waals surface area contributed by atoms with Gasteiger partial charge < -0.3 is 4.90 Å². The third-order valence-electron chi connectivity index (χ3n) is 2.13. The van der Waals surface area contributed by atoms with Crippen molar-refractivity contribution in [3.8, 4) is 0 Å². The van der Waals surface area contributed by atoms with E-state index in [9.17, 15) is 5.11 Å². The van der Waals surface area contributed by atoms with E-state index in [0.717, 1.165) is 18.9 Å². The number of nitrogens with zero attached hydrogens (tertiary/aromatic N) is 1. The van der Waals surface area contributed by atoms with Gasteiger partial charge in [-0.05, 0) is 25.3 Å². The molecule has 2 heteroatoms. The molecule has 0 saturated carbocycles. The van der Waals surface area contributed by atoms with Gasteiger partial charge in [0.25, 0.3) is 0 Å². The first-order valence-electron chi connectivity index (χ1n) is 4.13. The molecule has 1 atom stereocenters. The molecule has 59 valence electrons. The summed E-state index contributed by atoms with van der Waals surface area (Å²) >= 11 is 0. The van der Waals surface area contributed by atoms with Gasteiger partial charge >= 0.3 is 0 Å². The molecule has 1 fully saturated rings. The van der Waals surface area contributed by atoms with Gasteiger partial charge in [-0.1, -0.05) is 6.92 Å². The monoisotopic (exact) mass is 142 g/mol. The Bertz CT molecular complexity index is 95.3. The lowest BCUT2D eigenvalue weighted by Gasteiger charge is -2.12. The van der Waals surface area contributed by atoms with E-state index < -0.39 is 0 Å². The Morgan fingerprint density at radius 3 is 2.90 bits per heavy atom. The first kappa shape index (κ1) is 8.02. The Kier molecular flexibility index (Phi) is 3.16. The van der Waals surface area contributed by atoms with Crippen LogP contribution in [0.1, 0.15) is 19.8 Å². The van der Waals surface area contributed by atoms with E-state index >= 15 is 0 Å². The molecule has 0 aromatic rings. The third-order valence-corrected chi connectivity index (χ3v) is 2.13. The number of hydrogen-bond donors (Lipinski definition) is 0. The first-order valence-corrected chi connectivity index (χ1v) is 4.13. The SMILES string of the molecule is CC1CCN(CCC[O])C1. The molecule has 1 aliphatic heterocycles. The van der Waals surface area contributed by atoms with Crippen molar-refractivity contribution in [2.75, 3.05) is 26.2 Å². The average Bonchev–Trinajstić information content (AvgIpc) is 2.31. The van der Waals surface area contributed by atoms with Gasteiger partial charge in [-0.3, -0.25) is 0 Å². The molecule has 0 spiro atoms. The molecule has 10 heavy (non-hydrogen) atoms. The number of likely N-dealkylation sites (tertiary alicyclic amines) is 1. The Morgan fingerprint density at radius 1 is 1.60 bits per heavy atom. The molecule has 0 aromatic heterocycles. The molecular weight excluding hydrogens is 126 g/mol. The van der Waals surface area contributed by atoms with E-state index in [1.54, 1.807) is 0 Å². The third kappa shape index (κ3) is 2.27. The molecule has 1 unspecified atom stereocenters. The highest BCUT2D eigenvalue weighted by Gasteiger charge is 2.17. The maximum atomic E-state index is 10.1. The zero-order valence-corrected chi connectivity index (χ0v) is 6.68. The lowest BCUT2D eigenvalue weighted by atomic mass is 10.2. The second-order valence-corrected chi connectivity index (χ2v) is 3.25. The molecule has 0 amide bonds. The summed E-state index contributed by atoms with van der Waals surface area (Å²) < 4.78 is 0. The van der Waals surface area contributed by atoms with Crippen LogP contribution in [0.25, 0.3) is 0 Å². The molecule has 0 N–H and O–H groups in total. The average molecular weight is 142 g/mol. The largest absolute Gasteiger partial charge is 0.303 e. The predicted molar refractivity (Wildman–Crippen MR) is 40.4 cm³/mol. The zero-order valence-electron chi connectivity index (χ0n) is 6.68. The Hall–Kier alpha value is -0.0800. The van der Waals surface area contributed by atoms with E-state index in [0.29, 0.717) is 0 Å². The van der Waals surface area contributed by atoms with E-state index in [1.807, 2.05) is 0 Å². The molecule has 0 bridgehead atoms. The highest BCUT2D eigenvalue weighted by Crippen LogP contribution is 2.14. The topological polar surface area (TPSA) is 23.1 Å². The fourth-order valence-corrected chi connectivity index (χ4v) is 1.52. The van der Waals surface area contributed by atoms with Crippen LogP contribution in [0, 0.1) is 5.92 Å². The molecule has 1 radical (unpaired) electrons. The second-order valence-electron chi connectivity index (χ2n) is 3.25. The van der Waals surface area contributed by atoms with Crippen LogP contribution >= 0.6 is 0 Å². The standard InChI is InChI=1S/C8H16NO/c1-8-3-5-9(7-8)4-2-6-10/h8H,2-7H2,1H3. The van der Waals surface area contributed by atoms with Crippen molar-refractivity contribution >= 4 is 0 Å². The van der Waals surface area contributed by atoms with Crippen LogP contribution in [0.15, 0.2) is 0 Å². The van der Waals surface area contributed by atoms with Crippen molar-refractivity contribution in [1.29, 1.82) is 0 Å². The molecule has 2 nitrogen and oxygen atoms in total. The second kappa shape index (κ2) is 3.94. The fourth-order valence-electron chi connectivity index (χ4n) is 1.52. The Morgan fingerprint density at radius 2 is 2.40 bits per heavy atom. The summed E-state index contributed by atoms with van der Waals surface area (Å²) in [6.07, 6.45) is 2.14. The number of rotatable bonds is 3. The van der Waals surface area contributed by atoms with Crippen LogP contribution in [-0.2, 0) is 5.11 Å². The maximum Gasteiger partial charge on any atom is 0.0834 e. The lowest BCUT2D eigenvalue weighted by Crippen LogP contribution is -2.21. The molecule has 1 heterocycles. The molecular formula is C8H16NO. The van der Waals surface area contributed by atoms with Gasteiger partial charge in [0.05, 0.1) is 6.61 Å².